The molecule has 0 N–H and O–H groups in total. The molecular formula is C18H21N. The molecule has 0 fully saturated rings. The van der Waals surface area contributed by atoms with Crippen molar-refractivity contribution in [1.82, 2.24) is 0 Å². The summed E-state index contributed by atoms with van der Waals surface area (Å²) in [5.41, 5.74) is 5.85. The molecule has 0 unspecified atom stereocenters. The fraction of sp³-hybridized carbons (Fsp3) is 0.333. The van der Waals surface area contributed by atoms with Crippen LogP contribution >= 0.6 is 0 Å². The highest BCUT2D eigenvalue weighted by Crippen LogP contribution is 2.35. The van der Waals surface area contributed by atoms with Crippen LogP contribution in [0, 0.1) is 0 Å². The van der Waals surface area contributed by atoms with Crippen molar-refractivity contribution in [3.8, 4) is 0 Å². The number of benzene rings is 2. The summed E-state index contributed by atoms with van der Waals surface area (Å²) in [4.78, 5) is 2.15. The summed E-state index contributed by atoms with van der Waals surface area (Å²) in [6.45, 7) is 0. The maximum atomic E-state index is 2.31. The second-order valence-corrected chi connectivity index (χ2v) is 5.70. The van der Waals surface area contributed by atoms with Crippen molar-refractivity contribution in [2.24, 2.45) is 0 Å². The molecule has 0 aliphatic heterocycles. The number of anilines is 1. The van der Waals surface area contributed by atoms with Crippen molar-refractivity contribution >= 4 is 5.69 Å². The van der Waals surface area contributed by atoms with Gasteiger partial charge in [0.05, 0.1) is 0 Å². The third-order valence-electron chi connectivity index (χ3n) is 4.19. The average molecular weight is 251 g/mol. The first-order valence-corrected chi connectivity index (χ1v) is 7.08. The fourth-order valence-corrected chi connectivity index (χ4v) is 3.07. The molecule has 2 aromatic carbocycles. The third kappa shape index (κ3) is 2.51. The van der Waals surface area contributed by atoms with Gasteiger partial charge in [0.15, 0.2) is 0 Å². The molecule has 0 amide bonds. The lowest BCUT2D eigenvalue weighted by Crippen LogP contribution is -2.08. The van der Waals surface area contributed by atoms with Crippen molar-refractivity contribution in [3.05, 3.63) is 65.2 Å². The van der Waals surface area contributed by atoms with Crippen LogP contribution in [0.25, 0.3) is 0 Å². The minimum atomic E-state index is 0.710. The molecular weight excluding hydrogens is 230 g/mol. The van der Waals surface area contributed by atoms with Gasteiger partial charge in [-0.25, -0.2) is 0 Å². The zero-order valence-corrected chi connectivity index (χ0v) is 11.8. The second-order valence-electron chi connectivity index (χ2n) is 5.70. The number of rotatable bonds is 3. The van der Waals surface area contributed by atoms with Crippen LogP contribution in [-0.4, -0.2) is 14.1 Å². The van der Waals surface area contributed by atoms with E-state index < -0.39 is 0 Å². The van der Waals surface area contributed by atoms with E-state index in [1.54, 1.807) is 11.1 Å². The van der Waals surface area contributed by atoms with Crippen LogP contribution in [0.2, 0.25) is 0 Å². The summed E-state index contributed by atoms with van der Waals surface area (Å²) in [5, 5.41) is 0. The van der Waals surface area contributed by atoms with Gasteiger partial charge in [-0.1, -0.05) is 36.4 Å². The molecule has 2 aromatic rings. The number of hydrogen-bond acceptors (Lipinski definition) is 1. The summed E-state index contributed by atoms with van der Waals surface area (Å²) < 4.78 is 0. The lowest BCUT2D eigenvalue weighted by molar-refractivity contribution is 0.674. The standard InChI is InChI=1S/C18H21N/c1-19(2)17-11-7-14(8-12-17)13-16-10-9-15-5-3-4-6-18(15)16/h3-8,11-12,16H,9-10,13H2,1-2H3/t16-/m0/s1. The molecule has 19 heavy (non-hydrogen) atoms. The zero-order valence-electron chi connectivity index (χ0n) is 11.8. The topological polar surface area (TPSA) is 3.24 Å². The number of aryl methyl sites for hydroxylation is 1. The van der Waals surface area contributed by atoms with E-state index in [1.807, 2.05) is 0 Å². The molecule has 1 nitrogen and oxygen atoms in total. The molecule has 0 saturated heterocycles. The summed E-state index contributed by atoms with van der Waals surface area (Å²) in [5.74, 6) is 0.710. The zero-order chi connectivity index (χ0) is 13.2. The highest BCUT2D eigenvalue weighted by Gasteiger charge is 2.21. The highest BCUT2D eigenvalue weighted by molar-refractivity contribution is 5.46. The van der Waals surface area contributed by atoms with Crippen LogP contribution in [0.15, 0.2) is 48.5 Å². The molecule has 1 atom stereocenters. The van der Waals surface area contributed by atoms with E-state index in [-0.39, 0.29) is 0 Å². The Balaban J connectivity index is 1.76. The van der Waals surface area contributed by atoms with Crippen LogP contribution in [0.4, 0.5) is 5.69 Å². The van der Waals surface area contributed by atoms with E-state index in [4.69, 9.17) is 0 Å². The molecule has 1 aliphatic rings. The van der Waals surface area contributed by atoms with Gasteiger partial charge in [-0.2, -0.15) is 0 Å². The summed E-state index contributed by atoms with van der Waals surface area (Å²) in [6, 6.07) is 17.9. The SMILES string of the molecule is CN(C)c1ccc(C[C@@H]2CCc3ccccc32)cc1. The maximum Gasteiger partial charge on any atom is 0.0361 e. The molecule has 0 heterocycles. The van der Waals surface area contributed by atoms with E-state index >= 15 is 0 Å². The Morgan fingerprint density at radius 2 is 1.74 bits per heavy atom. The van der Waals surface area contributed by atoms with Crippen LogP contribution in [0.5, 0.6) is 0 Å². The fourth-order valence-electron chi connectivity index (χ4n) is 3.07. The van der Waals surface area contributed by atoms with Crippen LogP contribution in [0.3, 0.4) is 0 Å². The summed E-state index contributed by atoms with van der Waals surface area (Å²) in [6.07, 6.45) is 3.72. The van der Waals surface area contributed by atoms with Gasteiger partial charge in [-0.3, -0.25) is 0 Å². The average Bonchev–Trinajstić information content (AvgIpc) is 2.83. The van der Waals surface area contributed by atoms with Gasteiger partial charge in [0.2, 0.25) is 0 Å². The molecule has 1 heteroatoms. The van der Waals surface area contributed by atoms with Crippen molar-refractivity contribution in [2.45, 2.75) is 25.2 Å². The van der Waals surface area contributed by atoms with E-state index in [0.717, 1.165) is 0 Å². The number of nitrogens with zero attached hydrogens (tertiary/aromatic N) is 1. The molecule has 0 bridgehead atoms. The van der Waals surface area contributed by atoms with Crippen molar-refractivity contribution in [1.29, 1.82) is 0 Å². The van der Waals surface area contributed by atoms with Gasteiger partial charge in [-0.05, 0) is 54.0 Å². The first-order valence-electron chi connectivity index (χ1n) is 7.08. The Morgan fingerprint density at radius 1 is 1.00 bits per heavy atom. The van der Waals surface area contributed by atoms with Gasteiger partial charge >= 0.3 is 0 Å². The summed E-state index contributed by atoms with van der Waals surface area (Å²) >= 11 is 0. The van der Waals surface area contributed by atoms with E-state index in [1.165, 1.54) is 30.5 Å². The molecule has 1 aliphatic carbocycles. The smallest absolute Gasteiger partial charge is 0.0361 e. The van der Waals surface area contributed by atoms with Crippen molar-refractivity contribution < 1.29 is 0 Å². The molecule has 0 saturated carbocycles. The third-order valence-corrected chi connectivity index (χ3v) is 4.19. The highest BCUT2D eigenvalue weighted by atomic mass is 15.1. The monoisotopic (exact) mass is 251 g/mol. The van der Waals surface area contributed by atoms with Crippen molar-refractivity contribution in [2.75, 3.05) is 19.0 Å². The Morgan fingerprint density at radius 3 is 2.47 bits per heavy atom. The maximum absolute atomic E-state index is 2.31. The molecule has 3 rings (SSSR count). The number of hydrogen-bond donors (Lipinski definition) is 0. The lowest BCUT2D eigenvalue weighted by atomic mass is 9.93. The minimum Gasteiger partial charge on any atom is -0.378 e. The Kier molecular flexibility index (Phi) is 3.29. The quantitative estimate of drug-likeness (QED) is 0.796. The van der Waals surface area contributed by atoms with Crippen LogP contribution in [0.1, 0.15) is 29.0 Å². The van der Waals surface area contributed by atoms with Gasteiger partial charge < -0.3 is 4.90 Å². The van der Waals surface area contributed by atoms with E-state index in [2.05, 4.69) is 67.5 Å². The minimum absolute atomic E-state index is 0.710. The predicted octanol–water partition coefficient (Wildman–Crippen LogP) is 4.03. The normalized spacial score (nSPS) is 17.3. The van der Waals surface area contributed by atoms with Gasteiger partial charge in [-0.15, -0.1) is 0 Å². The van der Waals surface area contributed by atoms with Crippen molar-refractivity contribution in [3.63, 3.8) is 0 Å². The molecule has 0 spiro atoms. The predicted molar refractivity (Wildman–Crippen MR) is 82.0 cm³/mol. The first-order chi connectivity index (χ1) is 9.24. The first kappa shape index (κ1) is 12.3. The molecule has 98 valence electrons. The van der Waals surface area contributed by atoms with E-state index in [9.17, 15) is 0 Å². The van der Waals surface area contributed by atoms with Gasteiger partial charge in [0.25, 0.3) is 0 Å². The van der Waals surface area contributed by atoms with Crippen LogP contribution < -0.4 is 4.90 Å². The lowest BCUT2D eigenvalue weighted by Gasteiger charge is -2.15. The Bertz CT molecular complexity index is 554. The van der Waals surface area contributed by atoms with Crippen LogP contribution in [-0.2, 0) is 12.8 Å². The summed E-state index contributed by atoms with van der Waals surface area (Å²) in [7, 11) is 4.17. The molecule has 0 radical (unpaired) electrons. The second kappa shape index (κ2) is 5.08. The van der Waals surface area contributed by atoms with Gasteiger partial charge in [0, 0.05) is 19.8 Å². The number of fused-ring (bicyclic) bond motifs is 1. The Hall–Kier alpha value is -1.76. The van der Waals surface area contributed by atoms with E-state index in [0.29, 0.717) is 5.92 Å². The van der Waals surface area contributed by atoms with Gasteiger partial charge in [0.1, 0.15) is 0 Å². The molecule has 0 aromatic heterocycles. The largest absolute Gasteiger partial charge is 0.378 e. The Labute approximate surface area is 115 Å².